The molecule has 0 unspecified atom stereocenters. The number of phenols is 1. The lowest BCUT2D eigenvalue weighted by Crippen LogP contribution is -2.30. The van der Waals surface area contributed by atoms with Gasteiger partial charge in [-0.15, -0.1) is 0 Å². The Kier molecular flexibility index (Phi) is 4.88. The average Bonchev–Trinajstić information content (AvgIpc) is 3.39. The van der Waals surface area contributed by atoms with Crippen molar-refractivity contribution in [3.8, 4) is 11.4 Å². The van der Waals surface area contributed by atoms with Gasteiger partial charge < -0.3 is 19.9 Å². The lowest BCUT2D eigenvalue weighted by atomic mass is 10.0. The van der Waals surface area contributed by atoms with E-state index in [2.05, 4.69) is 10.3 Å². The van der Waals surface area contributed by atoms with E-state index in [4.69, 9.17) is 12.2 Å². The smallest absolute Gasteiger partial charge is 0.174 e. The number of pyridine rings is 1. The van der Waals surface area contributed by atoms with Crippen LogP contribution in [0.1, 0.15) is 23.5 Å². The van der Waals surface area contributed by atoms with Crippen molar-refractivity contribution in [3.05, 3.63) is 108 Å². The largest absolute Gasteiger partial charge is 0.508 e. The third kappa shape index (κ3) is 3.53. The van der Waals surface area contributed by atoms with Crippen LogP contribution in [0.4, 0.5) is 10.1 Å². The maximum Gasteiger partial charge on any atom is 0.174 e. The molecule has 4 aromatic rings. The highest BCUT2D eigenvalue weighted by atomic mass is 32.1. The predicted molar refractivity (Wildman–Crippen MR) is 122 cm³/mol. The number of aromatic hydroxyl groups is 1. The van der Waals surface area contributed by atoms with Gasteiger partial charge in [0.2, 0.25) is 0 Å². The van der Waals surface area contributed by atoms with Gasteiger partial charge in [-0.25, -0.2) is 4.39 Å². The number of phenolic OH excluding ortho intramolecular Hbond substituents is 1. The zero-order valence-electron chi connectivity index (χ0n) is 16.4. The van der Waals surface area contributed by atoms with Crippen LogP contribution in [0, 0.1) is 5.82 Å². The highest BCUT2D eigenvalue weighted by Gasteiger charge is 2.42. The van der Waals surface area contributed by atoms with E-state index in [9.17, 15) is 9.50 Å². The highest BCUT2D eigenvalue weighted by Crippen LogP contribution is 2.42. The van der Waals surface area contributed by atoms with E-state index in [1.54, 1.807) is 24.4 Å². The fourth-order valence-corrected chi connectivity index (χ4v) is 4.39. The quantitative estimate of drug-likeness (QED) is 0.452. The molecule has 0 spiro atoms. The Balaban J connectivity index is 1.67. The molecule has 0 amide bonds. The number of thiocarbonyl (C=S) groups is 1. The van der Waals surface area contributed by atoms with Gasteiger partial charge in [-0.2, -0.15) is 0 Å². The number of rotatable bonds is 4. The van der Waals surface area contributed by atoms with Crippen LogP contribution in [0.5, 0.6) is 5.75 Å². The minimum Gasteiger partial charge on any atom is -0.508 e. The van der Waals surface area contributed by atoms with Crippen molar-refractivity contribution in [1.29, 1.82) is 0 Å². The summed E-state index contributed by atoms with van der Waals surface area (Å²) in [4.78, 5) is 6.57. The van der Waals surface area contributed by atoms with E-state index in [-0.39, 0.29) is 23.7 Å². The summed E-state index contributed by atoms with van der Waals surface area (Å²) in [6, 6.07) is 22.7. The van der Waals surface area contributed by atoms with Gasteiger partial charge in [-0.1, -0.05) is 12.1 Å². The minimum absolute atomic E-state index is 0.183. The Morgan fingerprint density at radius 1 is 0.935 bits per heavy atom. The molecule has 0 bridgehead atoms. The highest BCUT2D eigenvalue weighted by molar-refractivity contribution is 7.80. The number of anilines is 1. The summed E-state index contributed by atoms with van der Waals surface area (Å²) in [6.07, 6.45) is 3.67. The number of hydrogen-bond acceptors (Lipinski definition) is 3. The van der Waals surface area contributed by atoms with E-state index < -0.39 is 0 Å². The lowest BCUT2D eigenvalue weighted by molar-refractivity contribution is 0.475. The summed E-state index contributed by atoms with van der Waals surface area (Å²) in [7, 11) is 0. The molecule has 2 atom stereocenters. The van der Waals surface area contributed by atoms with Gasteiger partial charge >= 0.3 is 0 Å². The van der Waals surface area contributed by atoms with Gasteiger partial charge in [0.05, 0.1) is 11.7 Å². The average molecular weight is 431 g/mol. The molecule has 0 radical (unpaired) electrons. The number of nitrogens with zero attached hydrogens (tertiary/aromatic N) is 3. The van der Waals surface area contributed by atoms with Crippen LogP contribution in [0.2, 0.25) is 0 Å². The molecule has 1 saturated heterocycles. The van der Waals surface area contributed by atoms with Crippen molar-refractivity contribution in [2.75, 3.05) is 4.90 Å². The number of nitrogens with one attached hydrogen (secondary N) is 1. The van der Waals surface area contributed by atoms with Crippen LogP contribution < -0.4 is 10.2 Å². The molecular formula is C24H19FN4OS. The van der Waals surface area contributed by atoms with E-state index in [1.165, 1.54) is 12.1 Å². The van der Waals surface area contributed by atoms with Crippen molar-refractivity contribution in [2.24, 2.45) is 0 Å². The molecule has 31 heavy (non-hydrogen) atoms. The lowest BCUT2D eigenvalue weighted by Gasteiger charge is -2.29. The van der Waals surface area contributed by atoms with Crippen molar-refractivity contribution < 1.29 is 9.50 Å². The van der Waals surface area contributed by atoms with Crippen LogP contribution in [0.3, 0.4) is 0 Å². The molecule has 2 aromatic heterocycles. The second-order valence-corrected chi connectivity index (χ2v) is 7.68. The Hall–Kier alpha value is -3.71. The zero-order valence-corrected chi connectivity index (χ0v) is 17.2. The SMILES string of the molecule is Oc1ccc(N2C(=S)N[C@H](c3ccccn3)[C@H]2c2cccn2-c2cccc(F)c2)cc1. The van der Waals surface area contributed by atoms with Crippen molar-refractivity contribution >= 4 is 23.0 Å². The Morgan fingerprint density at radius 3 is 2.52 bits per heavy atom. The molecule has 5 rings (SSSR count). The maximum absolute atomic E-state index is 14.0. The molecule has 0 aliphatic carbocycles. The molecule has 1 fully saturated rings. The van der Waals surface area contributed by atoms with Crippen LogP contribution in [-0.2, 0) is 0 Å². The Labute approximate surface area is 184 Å². The minimum atomic E-state index is -0.297. The Bertz CT molecular complexity index is 1230. The van der Waals surface area contributed by atoms with Crippen LogP contribution in [0.25, 0.3) is 5.69 Å². The van der Waals surface area contributed by atoms with Crippen molar-refractivity contribution in [2.45, 2.75) is 12.1 Å². The number of hydrogen-bond donors (Lipinski definition) is 2. The molecule has 5 nitrogen and oxygen atoms in total. The van der Waals surface area contributed by atoms with Crippen LogP contribution in [0.15, 0.2) is 91.3 Å². The van der Waals surface area contributed by atoms with Crippen LogP contribution >= 0.6 is 12.2 Å². The zero-order chi connectivity index (χ0) is 21.4. The normalized spacial score (nSPS) is 18.2. The summed E-state index contributed by atoms with van der Waals surface area (Å²) < 4.78 is 15.9. The van der Waals surface area contributed by atoms with Crippen LogP contribution in [-0.4, -0.2) is 19.8 Å². The predicted octanol–water partition coefficient (Wildman–Crippen LogP) is 4.89. The van der Waals surface area contributed by atoms with E-state index in [0.717, 1.165) is 22.8 Å². The standard InChI is InChI=1S/C24H19FN4OS/c25-16-5-3-6-18(15-16)28-14-4-8-21(28)23-22(20-7-1-2-13-26-20)27-24(31)29(23)17-9-11-19(30)12-10-17/h1-15,22-23,30H,(H,27,31)/t22-,23-/m1/s1. The van der Waals surface area contributed by atoms with Gasteiger partial charge in [0.25, 0.3) is 0 Å². The van der Waals surface area contributed by atoms with Crippen molar-refractivity contribution in [1.82, 2.24) is 14.9 Å². The molecule has 1 aliphatic rings. The summed E-state index contributed by atoms with van der Waals surface area (Å²) in [5, 5.41) is 13.7. The van der Waals surface area contributed by atoms with Gasteiger partial charge in [-0.05, 0) is 78.9 Å². The number of aromatic nitrogens is 2. The second kappa shape index (κ2) is 7.85. The van der Waals surface area contributed by atoms with Gasteiger partial charge in [0.1, 0.15) is 17.6 Å². The van der Waals surface area contributed by atoms with Gasteiger partial charge in [0, 0.05) is 29.5 Å². The third-order valence-corrected chi connectivity index (χ3v) is 5.71. The monoisotopic (exact) mass is 430 g/mol. The first-order valence-corrected chi connectivity index (χ1v) is 10.3. The first-order valence-electron chi connectivity index (χ1n) is 9.85. The first-order chi connectivity index (χ1) is 15.1. The van der Waals surface area contributed by atoms with Gasteiger partial charge in [-0.3, -0.25) is 4.98 Å². The first kappa shape index (κ1) is 19.3. The molecule has 3 heterocycles. The summed E-state index contributed by atoms with van der Waals surface area (Å²) in [5.41, 5.74) is 3.35. The third-order valence-electron chi connectivity index (χ3n) is 5.40. The molecule has 1 aliphatic heterocycles. The molecule has 154 valence electrons. The summed E-state index contributed by atoms with van der Waals surface area (Å²) >= 11 is 5.72. The number of halogens is 1. The van der Waals surface area contributed by atoms with Gasteiger partial charge in [0.15, 0.2) is 5.11 Å². The molecule has 2 aromatic carbocycles. The number of benzene rings is 2. The van der Waals surface area contributed by atoms with E-state index >= 15 is 0 Å². The van der Waals surface area contributed by atoms with Crippen molar-refractivity contribution in [3.63, 3.8) is 0 Å². The fraction of sp³-hybridized carbons (Fsp3) is 0.0833. The molecule has 2 N–H and O–H groups in total. The second-order valence-electron chi connectivity index (χ2n) is 7.30. The van der Waals surface area contributed by atoms with E-state index in [0.29, 0.717) is 5.11 Å². The topological polar surface area (TPSA) is 53.3 Å². The summed E-state index contributed by atoms with van der Waals surface area (Å²) in [6.45, 7) is 0. The maximum atomic E-state index is 14.0. The molecule has 0 saturated carbocycles. The van der Waals surface area contributed by atoms with E-state index in [1.807, 2.05) is 64.2 Å². The fourth-order valence-electron chi connectivity index (χ4n) is 4.04. The molecular weight excluding hydrogens is 411 g/mol. The molecule has 7 heteroatoms. The summed E-state index contributed by atoms with van der Waals surface area (Å²) in [5.74, 6) is -0.114. The Morgan fingerprint density at radius 2 is 1.77 bits per heavy atom.